The minimum absolute atomic E-state index is 0.424. The predicted octanol–water partition coefficient (Wildman–Crippen LogP) is 10.5. The van der Waals surface area contributed by atoms with Gasteiger partial charge >= 0.3 is 0 Å². The first-order valence-electron chi connectivity index (χ1n) is 13.6. The summed E-state index contributed by atoms with van der Waals surface area (Å²) in [6, 6.07) is 49.3. The van der Waals surface area contributed by atoms with Gasteiger partial charge in [-0.25, -0.2) is 0 Å². The summed E-state index contributed by atoms with van der Waals surface area (Å²) in [5, 5.41) is 0. The normalized spacial score (nSPS) is 14.8. The third-order valence-electron chi connectivity index (χ3n) is 7.22. The first-order valence-corrected chi connectivity index (χ1v) is 13.6. The zero-order chi connectivity index (χ0) is 26.3. The van der Waals surface area contributed by atoms with Crippen LogP contribution in [0.2, 0.25) is 0 Å². The zero-order valence-electron chi connectivity index (χ0n) is 21.9. The van der Waals surface area contributed by atoms with Crippen molar-refractivity contribution in [2.45, 2.75) is 12.3 Å². The van der Waals surface area contributed by atoms with E-state index in [1.807, 2.05) is 0 Å². The van der Waals surface area contributed by atoms with Crippen molar-refractivity contribution in [2.24, 2.45) is 0 Å². The van der Waals surface area contributed by atoms with E-state index < -0.39 is 0 Å². The van der Waals surface area contributed by atoms with Crippen LogP contribution in [-0.2, 0) is 0 Å². The number of benzene rings is 5. The third kappa shape index (κ3) is 5.84. The van der Waals surface area contributed by atoms with E-state index in [4.69, 9.17) is 0 Å². The Bertz CT molecular complexity index is 1540. The Morgan fingerprint density at radius 1 is 0.513 bits per heavy atom. The maximum Gasteiger partial charge on any atom is 0.0462 e. The molecular formula is C38H31N. The molecule has 1 heteroatoms. The van der Waals surface area contributed by atoms with E-state index in [1.165, 1.54) is 27.8 Å². The van der Waals surface area contributed by atoms with Crippen LogP contribution in [0.25, 0.3) is 17.2 Å². The monoisotopic (exact) mass is 501 g/mol. The molecule has 0 spiro atoms. The molecule has 1 aliphatic rings. The molecule has 0 fully saturated rings. The van der Waals surface area contributed by atoms with Gasteiger partial charge in [-0.2, -0.15) is 0 Å². The Balaban J connectivity index is 1.12. The topological polar surface area (TPSA) is 3.24 Å². The molecule has 0 saturated carbocycles. The van der Waals surface area contributed by atoms with Gasteiger partial charge in [0.05, 0.1) is 0 Å². The van der Waals surface area contributed by atoms with E-state index in [-0.39, 0.29) is 0 Å². The van der Waals surface area contributed by atoms with E-state index in [9.17, 15) is 0 Å². The minimum atomic E-state index is 0.424. The summed E-state index contributed by atoms with van der Waals surface area (Å²) >= 11 is 0. The summed E-state index contributed by atoms with van der Waals surface area (Å²) in [5.74, 6) is 0.424. The van der Waals surface area contributed by atoms with Crippen LogP contribution in [-0.4, -0.2) is 0 Å². The molecule has 0 amide bonds. The fourth-order valence-corrected chi connectivity index (χ4v) is 5.09. The highest BCUT2D eigenvalue weighted by Crippen LogP contribution is 2.34. The summed E-state index contributed by atoms with van der Waals surface area (Å²) in [6.07, 6.45) is 12.3. The molecule has 1 aliphatic carbocycles. The van der Waals surface area contributed by atoms with Crippen molar-refractivity contribution in [1.82, 2.24) is 0 Å². The van der Waals surface area contributed by atoms with Gasteiger partial charge in [-0.05, 0) is 70.6 Å². The Morgan fingerprint density at radius 3 is 1.62 bits per heavy atom. The summed E-state index contributed by atoms with van der Waals surface area (Å²) in [6.45, 7) is 0. The molecule has 0 N–H and O–H groups in total. The molecule has 5 aromatic carbocycles. The van der Waals surface area contributed by atoms with Crippen molar-refractivity contribution in [1.29, 1.82) is 0 Å². The lowest BCUT2D eigenvalue weighted by molar-refractivity contribution is 0.849. The molecule has 1 atom stereocenters. The second kappa shape index (κ2) is 11.7. The van der Waals surface area contributed by atoms with E-state index in [2.05, 4.69) is 175 Å². The van der Waals surface area contributed by atoms with Crippen LogP contribution < -0.4 is 4.90 Å². The number of hydrogen-bond acceptors (Lipinski definition) is 1. The fraction of sp³-hybridized carbons (Fsp3) is 0.0526. The predicted molar refractivity (Wildman–Crippen MR) is 167 cm³/mol. The van der Waals surface area contributed by atoms with Gasteiger partial charge in [0.25, 0.3) is 0 Å². The number of nitrogens with zero attached hydrogens (tertiary/aromatic N) is 1. The number of hydrogen-bond donors (Lipinski definition) is 0. The van der Waals surface area contributed by atoms with Crippen LogP contribution in [0.15, 0.2) is 169 Å². The van der Waals surface area contributed by atoms with Gasteiger partial charge in [0.15, 0.2) is 0 Å². The largest absolute Gasteiger partial charge is 0.311 e. The molecule has 5 aromatic rings. The van der Waals surface area contributed by atoms with Crippen LogP contribution in [0, 0.1) is 0 Å². The summed E-state index contributed by atoms with van der Waals surface area (Å²) < 4.78 is 0. The van der Waals surface area contributed by atoms with Gasteiger partial charge in [-0.15, -0.1) is 0 Å². The van der Waals surface area contributed by atoms with E-state index in [0.717, 1.165) is 23.5 Å². The number of allylic oxidation sites excluding steroid dienone is 5. The Morgan fingerprint density at radius 2 is 1.05 bits per heavy atom. The summed E-state index contributed by atoms with van der Waals surface area (Å²) in [4.78, 5) is 2.28. The van der Waals surface area contributed by atoms with Crippen molar-refractivity contribution in [3.63, 3.8) is 0 Å². The Labute approximate surface area is 231 Å². The van der Waals surface area contributed by atoms with Gasteiger partial charge in [-0.1, -0.05) is 134 Å². The van der Waals surface area contributed by atoms with Gasteiger partial charge < -0.3 is 4.90 Å². The van der Waals surface area contributed by atoms with Crippen LogP contribution in [0.5, 0.6) is 0 Å². The summed E-state index contributed by atoms with van der Waals surface area (Å²) in [5.41, 5.74) is 9.77. The highest BCUT2D eigenvalue weighted by Gasteiger charge is 2.12. The standard InChI is InChI=1S/C38H31N/c1-4-10-32(11-5-1)34-24-26-35(27-25-34)33-22-18-30(19-23-33)16-17-31-20-28-38(29-21-31)39(36-12-6-2-7-13-36)37-14-8-3-9-15-37/h1-22,24-29,33H,23H2/b17-16+. The van der Waals surface area contributed by atoms with Crippen LogP contribution in [0.1, 0.15) is 23.5 Å². The quantitative estimate of drug-likeness (QED) is 0.214. The Hall–Kier alpha value is -4.88. The lowest BCUT2D eigenvalue weighted by atomic mass is 9.89. The molecule has 188 valence electrons. The van der Waals surface area contributed by atoms with E-state index >= 15 is 0 Å². The van der Waals surface area contributed by atoms with Crippen LogP contribution in [0.3, 0.4) is 0 Å². The van der Waals surface area contributed by atoms with Crippen molar-refractivity contribution in [2.75, 3.05) is 4.90 Å². The van der Waals surface area contributed by atoms with E-state index in [0.29, 0.717) is 5.92 Å². The van der Waals surface area contributed by atoms with Crippen molar-refractivity contribution in [3.05, 3.63) is 181 Å². The maximum absolute atomic E-state index is 2.34. The van der Waals surface area contributed by atoms with Gasteiger partial charge in [0.1, 0.15) is 0 Å². The third-order valence-corrected chi connectivity index (χ3v) is 7.22. The molecule has 0 heterocycles. The smallest absolute Gasteiger partial charge is 0.0462 e. The SMILES string of the molecule is C1=CC(c2ccc(-c3ccccc3)cc2)CC=C1/C=C/c1ccc(N(c2ccccc2)c2ccccc2)cc1. The average molecular weight is 502 g/mol. The summed E-state index contributed by atoms with van der Waals surface area (Å²) in [7, 11) is 0. The fourth-order valence-electron chi connectivity index (χ4n) is 5.09. The maximum atomic E-state index is 2.34. The molecule has 0 aromatic heterocycles. The second-order valence-corrected chi connectivity index (χ2v) is 9.82. The van der Waals surface area contributed by atoms with E-state index in [1.54, 1.807) is 0 Å². The first-order chi connectivity index (χ1) is 19.3. The minimum Gasteiger partial charge on any atom is -0.311 e. The highest BCUT2D eigenvalue weighted by atomic mass is 15.1. The zero-order valence-corrected chi connectivity index (χ0v) is 21.9. The van der Waals surface area contributed by atoms with Gasteiger partial charge in [0.2, 0.25) is 0 Å². The first kappa shape index (κ1) is 24.5. The lowest BCUT2D eigenvalue weighted by Gasteiger charge is -2.25. The molecule has 6 rings (SSSR count). The van der Waals surface area contributed by atoms with Crippen LogP contribution in [0.4, 0.5) is 17.1 Å². The second-order valence-electron chi connectivity index (χ2n) is 9.82. The molecule has 0 saturated heterocycles. The molecule has 0 bridgehead atoms. The average Bonchev–Trinajstić information content (AvgIpc) is 3.03. The molecule has 1 nitrogen and oxygen atoms in total. The van der Waals surface area contributed by atoms with Crippen molar-refractivity contribution < 1.29 is 0 Å². The lowest BCUT2D eigenvalue weighted by Crippen LogP contribution is -2.09. The highest BCUT2D eigenvalue weighted by molar-refractivity contribution is 5.77. The molecular weight excluding hydrogens is 470 g/mol. The van der Waals surface area contributed by atoms with Gasteiger partial charge in [-0.3, -0.25) is 0 Å². The molecule has 39 heavy (non-hydrogen) atoms. The number of rotatable bonds is 7. The molecule has 0 aliphatic heterocycles. The molecule has 1 unspecified atom stereocenters. The molecule has 0 radical (unpaired) electrons. The number of para-hydroxylation sites is 2. The van der Waals surface area contributed by atoms with Crippen molar-refractivity contribution in [3.8, 4) is 11.1 Å². The number of anilines is 3. The van der Waals surface area contributed by atoms with Gasteiger partial charge in [0, 0.05) is 23.0 Å². The Kier molecular flexibility index (Phi) is 7.32. The van der Waals surface area contributed by atoms with Crippen LogP contribution >= 0.6 is 0 Å². The van der Waals surface area contributed by atoms with Crippen molar-refractivity contribution >= 4 is 23.1 Å².